The molecule has 0 spiro atoms. The Morgan fingerprint density at radius 1 is 1.47 bits per heavy atom. The van der Waals surface area contributed by atoms with Crippen LogP contribution in [0.5, 0.6) is 0 Å². The van der Waals surface area contributed by atoms with Gasteiger partial charge in [-0.2, -0.15) is 0 Å². The summed E-state index contributed by atoms with van der Waals surface area (Å²) >= 11 is 0. The molecule has 1 saturated carbocycles. The van der Waals surface area contributed by atoms with E-state index in [4.69, 9.17) is 0 Å². The maximum atomic E-state index is 4.17. The molecular weight excluding hydrogens is 206 g/mol. The first-order valence-electron chi connectivity index (χ1n) is 6.35. The molecule has 1 N–H and O–H groups in total. The number of rotatable bonds is 5. The minimum Gasteiger partial charge on any atom is -0.366 e. The van der Waals surface area contributed by atoms with Crippen molar-refractivity contribution in [3.8, 4) is 0 Å². The van der Waals surface area contributed by atoms with Crippen molar-refractivity contribution < 1.29 is 0 Å². The Hall–Kier alpha value is -1.50. The minimum atomic E-state index is 0.432. The second kappa shape index (κ2) is 5.22. The molecule has 1 heteroatoms. The van der Waals surface area contributed by atoms with Gasteiger partial charge in [-0.25, -0.2) is 0 Å². The van der Waals surface area contributed by atoms with Gasteiger partial charge in [0, 0.05) is 11.6 Å². The molecule has 1 atom stereocenters. The Morgan fingerprint density at radius 2 is 2.24 bits per heavy atom. The van der Waals surface area contributed by atoms with Crippen molar-refractivity contribution in [2.24, 2.45) is 5.92 Å². The minimum absolute atomic E-state index is 0.432. The average Bonchev–Trinajstić information content (AvgIpc) is 2.23. The molecule has 1 aromatic rings. The summed E-state index contributed by atoms with van der Waals surface area (Å²) in [6.07, 6.45) is 5.71. The van der Waals surface area contributed by atoms with Crippen molar-refractivity contribution in [1.29, 1.82) is 0 Å². The summed E-state index contributed by atoms with van der Waals surface area (Å²) in [5.74, 6) is 1.18. The zero-order valence-corrected chi connectivity index (χ0v) is 10.6. The number of nitrogens with one attached hydrogen (secondary N) is 1. The smallest absolute Gasteiger partial charge is 0.0263 e. The zero-order valence-electron chi connectivity index (χ0n) is 10.6. The third kappa shape index (κ3) is 2.60. The topological polar surface area (TPSA) is 12.0 Å². The summed E-state index contributed by atoms with van der Waals surface area (Å²) in [7, 11) is 0. The van der Waals surface area contributed by atoms with E-state index in [1.807, 2.05) is 0 Å². The van der Waals surface area contributed by atoms with Gasteiger partial charge in [0.05, 0.1) is 0 Å². The second-order valence-corrected chi connectivity index (χ2v) is 4.96. The fourth-order valence-corrected chi connectivity index (χ4v) is 2.62. The van der Waals surface area contributed by atoms with E-state index >= 15 is 0 Å². The normalized spacial score (nSPS) is 17.0. The van der Waals surface area contributed by atoms with Crippen molar-refractivity contribution in [2.45, 2.75) is 32.1 Å². The molecule has 0 amide bonds. The number of aryl methyl sites for hydroxylation is 1. The zero-order chi connectivity index (χ0) is 12.3. The van der Waals surface area contributed by atoms with Gasteiger partial charge in [-0.15, -0.1) is 0 Å². The van der Waals surface area contributed by atoms with Crippen molar-refractivity contribution in [1.82, 2.24) is 5.32 Å². The van der Waals surface area contributed by atoms with Gasteiger partial charge in [-0.1, -0.05) is 49.4 Å². The van der Waals surface area contributed by atoms with Crippen molar-refractivity contribution >= 4 is 0 Å². The molecule has 2 rings (SSSR count). The summed E-state index contributed by atoms with van der Waals surface area (Å²) in [6.45, 7) is 10.0. The van der Waals surface area contributed by atoms with E-state index in [-0.39, 0.29) is 0 Å². The predicted molar refractivity (Wildman–Crippen MR) is 73.7 cm³/mol. The van der Waals surface area contributed by atoms with Crippen LogP contribution in [0.15, 0.2) is 49.3 Å². The molecule has 0 saturated heterocycles. The molecule has 0 aliphatic heterocycles. The van der Waals surface area contributed by atoms with Crippen LogP contribution in [0.2, 0.25) is 0 Å². The number of hydrogen-bond donors (Lipinski definition) is 1. The highest BCUT2D eigenvalue weighted by Crippen LogP contribution is 2.42. The Morgan fingerprint density at radius 3 is 2.76 bits per heavy atom. The molecule has 90 valence electrons. The molecule has 0 radical (unpaired) electrons. The van der Waals surface area contributed by atoms with E-state index in [0.29, 0.717) is 5.92 Å². The van der Waals surface area contributed by atoms with Gasteiger partial charge in [0.2, 0.25) is 0 Å². The predicted octanol–water partition coefficient (Wildman–Crippen LogP) is 4.13. The molecule has 0 unspecified atom stereocenters. The Labute approximate surface area is 104 Å². The number of allylic oxidation sites excluding steroid dienone is 1. The lowest BCUT2D eigenvalue weighted by Gasteiger charge is -2.35. The first-order chi connectivity index (χ1) is 8.22. The highest BCUT2D eigenvalue weighted by atomic mass is 14.9. The molecule has 0 bridgehead atoms. The Kier molecular flexibility index (Phi) is 3.68. The van der Waals surface area contributed by atoms with Crippen molar-refractivity contribution in [3.05, 3.63) is 60.4 Å². The first kappa shape index (κ1) is 12.0. The number of hydrogen-bond acceptors (Lipinski definition) is 1. The maximum absolute atomic E-state index is 4.17. The first-order valence-corrected chi connectivity index (χ1v) is 6.35. The summed E-state index contributed by atoms with van der Waals surface area (Å²) in [6, 6.07) is 8.77. The summed E-state index contributed by atoms with van der Waals surface area (Å²) in [5, 5.41) is 3.18. The Balaban J connectivity index is 2.25. The second-order valence-electron chi connectivity index (χ2n) is 4.96. The molecule has 1 nitrogen and oxygen atoms in total. The van der Waals surface area contributed by atoms with E-state index < -0.39 is 0 Å². The third-order valence-corrected chi connectivity index (χ3v) is 3.69. The van der Waals surface area contributed by atoms with Crippen molar-refractivity contribution in [3.63, 3.8) is 0 Å². The molecule has 0 heterocycles. The van der Waals surface area contributed by atoms with E-state index in [0.717, 1.165) is 11.6 Å². The van der Waals surface area contributed by atoms with Crippen LogP contribution in [0, 0.1) is 12.8 Å². The number of benzene rings is 1. The lowest BCUT2D eigenvalue weighted by Crippen LogP contribution is -2.25. The van der Waals surface area contributed by atoms with E-state index in [2.05, 4.69) is 49.7 Å². The fourth-order valence-electron chi connectivity index (χ4n) is 2.62. The monoisotopic (exact) mass is 227 g/mol. The van der Waals surface area contributed by atoms with Gasteiger partial charge in [-0.05, 0) is 37.4 Å². The maximum Gasteiger partial charge on any atom is 0.0263 e. The average molecular weight is 227 g/mol. The van der Waals surface area contributed by atoms with Crippen LogP contribution >= 0.6 is 0 Å². The van der Waals surface area contributed by atoms with Crippen LogP contribution in [0.3, 0.4) is 0 Å². The summed E-state index contributed by atoms with van der Waals surface area (Å²) in [5.41, 5.74) is 3.78. The third-order valence-electron chi connectivity index (χ3n) is 3.69. The van der Waals surface area contributed by atoms with Gasteiger partial charge in [0.25, 0.3) is 0 Å². The quantitative estimate of drug-likeness (QED) is 0.797. The molecule has 17 heavy (non-hydrogen) atoms. The van der Waals surface area contributed by atoms with Crippen LogP contribution < -0.4 is 5.32 Å². The van der Waals surface area contributed by atoms with Gasteiger partial charge in [0.1, 0.15) is 0 Å². The van der Waals surface area contributed by atoms with E-state index in [9.17, 15) is 0 Å². The highest BCUT2D eigenvalue weighted by Gasteiger charge is 2.30. The summed E-state index contributed by atoms with van der Waals surface area (Å²) in [4.78, 5) is 0. The SMILES string of the molecule is C=CNC(=C)[C@@H](c1cccc(C)c1)C1CCC1. The molecular formula is C16H21N. The van der Waals surface area contributed by atoms with Crippen LogP contribution in [-0.4, -0.2) is 0 Å². The van der Waals surface area contributed by atoms with Gasteiger partial charge >= 0.3 is 0 Å². The largest absolute Gasteiger partial charge is 0.366 e. The van der Waals surface area contributed by atoms with Crippen molar-refractivity contribution in [2.75, 3.05) is 0 Å². The van der Waals surface area contributed by atoms with Gasteiger partial charge in [0.15, 0.2) is 0 Å². The standard InChI is InChI=1S/C16H21N/c1-4-17-13(3)16(14-8-6-9-14)15-10-5-7-12(2)11-15/h4-5,7,10-11,14,16-17H,1,3,6,8-9H2,2H3/t16-/m1/s1. The Bertz CT molecular complexity index is 415. The molecule has 1 aliphatic rings. The van der Waals surface area contributed by atoms with Crippen LogP contribution in [0.4, 0.5) is 0 Å². The van der Waals surface area contributed by atoms with E-state index in [1.165, 1.54) is 30.4 Å². The molecule has 1 aliphatic carbocycles. The van der Waals surface area contributed by atoms with Gasteiger partial charge in [-0.3, -0.25) is 0 Å². The van der Waals surface area contributed by atoms with E-state index in [1.54, 1.807) is 6.20 Å². The summed E-state index contributed by atoms with van der Waals surface area (Å²) < 4.78 is 0. The van der Waals surface area contributed by atoms with Gasteiger partial charge < -0.3 is 5.32 Å². The van der Waals surface area contributed by atoms with Crippen LogP contribution in [0.25, 0.3) is 0 Å². The van der Waals surface area contributed by atoms with Crippen LogP contribution in [0.1, 0.15) is 36.3 Å². The highest BCUT2D eigenvalue weighted by molar-refractivity contribution is 5.32. The lowest BCUT2D eigenvalue weighted by molar-refractivity contribution is 0.277. The van der Waals surface area contributed by atoms with Crippen LogP contribution in [-0.2, 0) is 0 Å². The fraction of sp³-hybridized carbons (Fsp3) is 0.375. The molecule has 1 aromatic carbocycles. The molecule has 0 aromatic heterocycles. The lowest BCUT2D eigenvalue weighted by atomic mass is 9.71. The molecule has 1 fully saturated rings.